The molecule has 0 aliphatic rings. The lowest BCUT2D eigenvalue weighted by molar-refractivity contribution is 0.147. The van der Waals surface area contributed by atoms with Crippen molar-refractivity contribution in [1.29, 1.82) is 0 Å². The Hall–Kier alpha value is -5.43. The molecule has 0 saturated heterocycles. The molecule has 4 aromatic carbocycles. The van der Waals surface area contributed by atoms with Crippen LogP contribution in [-0.4, -0.2) is 53.1 Å². The van der Waals surface area contributed by atoms with Crippen molar-refractivity contribution in [3.8, 4) is 11.6 Å². The van der Waals surface area contributed by atoms with Gasteiger partial charge in [-0.3, -0.25) is 0 Å². The quantitative estimate of drug-likeness (QED) is 0.0931. The second kappa shape index (κ2) is 20.2. The van der Waals surface area contributed by atoms with Gasteiger partial charge in [-0.15, -0.1) is 0 Å². The molecule has 5 rings (SSSR count). The summed E-state index contributed by atoms with van der Waals surface area (Å²) in [5, 5.41) is 0. The molecule has 0 fully saturated rings. The summed E-state index contributed by atoms with van der Waals surface area (Å²) in [6.45, 7) is 2.30. The summed E-state index contributed by atoms with van der Waals surface area (Å²) in [5.41, 5.74) is 4.96. The normalized spacial score (nSPS) is 10.7. The van der Waals surface area contributed by atoms with Crippen LogP contribution in [0.15, 0.2) is 140 Å². The van der Waals surface area contributed by atoms with Gasteiger partial charge in [-0.05, 0) is 79.7 Å². The second-order valence-corrected chi connectivity index (χ2v) is 12.4. The molecule has 0 atom stereocenters. The first-order valence-corrected chi connectivity index (χ1v) is 17.7. The average molecular weight is 670 g/mol. The van der Waals surface area contributed by atoms with Gasteiger partial charge in [-0.2, -0.15) is 0 Å². The Labute approximate surface area is 296 Å². The molecule has 0 saturated carbocycles. The van der Waals surface area contributed by atoms with E-state index >= 15 is 0 Å². The SMILES string of the molecule is O=C(Oc1ccc(OC(=O)N(CCCc2ccccc2)CCCc2ccccc2)nc1)N(CCCc1ccccc1)CCCc1ccccc1. The summed E-state index contributed by atoms with van der Waals surface area (Å²) in [4.78, 5) is 34.5. The van der Waals surface area contributed by atoms with Crippen LogP contribution in [0, 0.1) is 0 Å². The lowest BCUT2D eigenvalue weighted by atomic mass is 10.1. The maximum atomic E-state index is 13.3. The molecule has 0 unspecified atom stereocenters. The maximum Gasteiger partial charge on any atom is 0.416 e. The third-order valence-corrected chi connectivity index (χ3v) is 8.57. The van der Waals surface area contributed by atoms with Crippen molar-refractivity contribution in [1.82, 2.24) is 14.8 Å². The Bertz CT molecular complexity index is 1470. The van der Waals surface area contributed by atoms with E-state index in [1.807, 2.05) is 72.8 Å². The van der Waals surface area contributed by atoms with E-state index in [1.54, 1.807) is 21.9 Å². The molecule has 0 N–H and O–H groups in total. The van der Waals surface area contributed by atoms with Crippen LogP contribution in [0.25, 0.3) is 0 Å². The van der Waals surface area contributed by atoms with Crippen molar-refractivity contribution in [2.75, 3.05) is 26.2 Å². The summed E-state index contributed by atoms with van der Waals surface area (Å²) in [7, 11) is 0. The van der Waals surface area contributed by atoms with Gasteiger partial charge in [0.15, 0.2) is 5.75 Å². The summed E-state index contributed by atoms with van der Waals surface area (Å²) < 4.78 is 11.5. The van der Waals surface area contributed by atoms with Crippen LogP contribution >= 0.6 is 0 Å². The van der Waals surface area contributed by atoms with Crippen molar-refractivity contribution in [2.24, 2.45) is 0 Å². The van der Waals surface area contributed by atoms with Crippen LogP contribution in [0.1, 0.15) is 47.9 Å². The smallest absolute Gasteiger partial charge is 0.409 e. The minimum atomic E-state index is -0.439. The fraction of sp³-hybridized carbons (Fsp3) is 0.279. The molecule has 0 spiro atoms. The highest BCUT2D eigenvalue weighted by Crippen LogP contribution is 2.17. The van der Waals surface area contributed by atoms with Gasteiger partial charge >= 0.3 is 12.2 Å². The zero-order chi connectivity index (χ0) is 34.6. The highest BCUT2D eigenvalue weighted by Gasteiger charge is 2.19. The van der Waals surface area contributed by atoms with Gasteiger partial charge in [0.2, 0.25) is 5.88 Å². The Morgan fingerprint density at radius 1 is 0.440 bits per heavy atom. The molecule has 7 heteroatoms. The largest absolute Gasteiger partial charge is 0.416 e. The second-order valence-electron chi connectivity index (χ2n) is 12.4. The van der Waals surface area contributed by atoms with Crippen molar-refractivity contribution >= 4 is 12.2 Å². The van der Waals surface area contributed by atoms with Crippen LogP contribution < -0.4 is 9.47 Å². The first-order chi connectivity index (χ1) is 24.6. The van der Waals surface area contributed by atoms with E-state index in [2.05, 4.69) is 53.5 Å². The molecular formula is C43H47N3O4. The van der Waals surface area contributed by atoms with Gasteiger partial charge < -0.3 is 19.3 Å². The van der Waals surface area contributed by atoms with Crippen LogP contribution in [0.2, 0.25) is 0 Å². The highest BCUT2D eigenvalue weighted by atomic mass is 16.6. The fourth-order valence-electron chi connectivity index (χ4n) is 5.87. The number of ether oxygens (including phenoxy) is 2. The number of rotatable bonds is 18. The monoisotopic (exact) mass is 669 g/mol. The molecule has 0 aliphatic heterocycles. The van der Waals surface area contributed by atoms with Crippen LogP contribution in [-0.2, 0) is 25.7 Å². The van der Waals surface area contributed by atoms with Crippen molar-refractivity contribution < 1.29 is 19.1 Å². The Balaban J connectivity index is 1.15. The van der Waals surface area contributed by atoms with E-state index in [-0.39, 0.29) is 5.88 Å². The number of carbonyl (C=O) groups is 2. The number of aryl methyl sites for hydroxylation is 4. The fourth-order valence-corrected chi connectivity index (χ4v) is 5.87. The topological polar surface area (TPSA) is 72.0 Å². The van der Waals surface area contributed by atoms with Crippen LogP contribution in [0.4, 0.5) is 9.59 Å². The Kier molecular flexibility index (Phi) is 14.5. The summed E-state index contributed by atoms with van der Waals surface area (Å²) in [5.74, 6) is 0.460. The van der Waals surface area contributed by atoms with Crippen LogP contribution in [0.3, 0.4) is 0 Å². The summed E-state index contributed by atoms with van der Waals surface area (Å²) in [6.07, 6.45) is 7.36. The Morgan fingerprint density at radius 2 is 0.780 bits per heavy atom. The number of hydrogen-bond donors (Lipinski definition) is 0. The number of nitrogens with zero attached hydrogens (tertiary/aromatic N) is 3. The summed E-state index contributed by atoms with van der Waals surface area (Å²) >= 11 is 0. The lowest BCUT2D eigenvalue weighted by Crippen LogP contribution is -2.36. The minimum absolute atomic E-state index is 0.161. The lowest BCUT2D eigenvalue weighted by Gasteiger charge is -2.22. The standard InChI is InChI=1S/C43H47N3O4/c47-42(45(31-13-25-36-17-5-1-6-18-36)32-14-26-37-19-7-2-8-20-37)49-40-29-30-41(44-35-40)50-43(48)46(33-15-27-38-21-9-3-10-22-38)34-16-28-39-23-11-4-12-24-39/h1-12,17-24,29-30,35H,13-16,25-28,31-34H2. The van der Waals surface area contributed by atoms with Crippen molar-refractivity contribution in [3.63, 3.8) is 0 Å². The van der Waals surface area contributed by atoms with Gasteiger partial charge in [0.05, 0.1) is 6.20 Å². The molecule has 258 valence electrons. The molecule has 1 heterocycles. The molecule has 0 aliphatic carbocycles. The van der Waals surface area contributed by atoms with E-state index in [1.165, 1.54) is 28.5 Å². The molecule has 50 heavy (non-hydrogen) atoms. The molecular weight excluding hydrogens is 622 g/mol. The van der Waals surface area contributed by atoms with Gasteiger partial charge in [0, 0.05) is 32.2 Å². The van der Waals surface area contributed by atoms with E-state index < -0.39 is 12.2 Å². The minimum Gasteiger partial charge on any atom is -0.409 e. The first-order valence-electron chi connectivity index (χ1n) is 17.7. The molecule has 0 bridgehead atoms. The average Bonchev–Trinajstić information content (AvgIpc) is 3.16. The molecule has 7 nitrogen and oxygen atoms in total. The van der Waals surface area contributed by atoms with E-state index in [0.29, 0.717) is 31.9 Å². The first kappa shape index (κ1) is 35.9. The van der Waals surface area contributed by atoms with E-state index in [0.717, 1.165) is 51.4 Å². The number of amides is 2. The van der Waals surface area contributed by atoms with E-state index in [4.69, 9.17) is 9.47 Å². The molecule has 0 radical (unpaired) electrons. The number of benzene rings is 4. The maximum absolute atomic E-state index is 13.3. The third kappa shape index (κ3) is 12.5. The number of pyridine rings is 1. The van der Waals surface area contributed by atoms with Gasteiger partial charge in [0.25, 0.3) is 0 Å². The van der Waals surface area contributed by atoms with Crippen LogP contribution in [0.5, 0.6) is 11.6 Å². The van der Waals surface area contributed by atoms with Gasteiger partial charge in [0.1, 0.15) is 0 Å². The predicted molar refractivity (Wildman–Crippen MR) is 198 cm³/mol. The Morgan fingerprint density at radius 3 is 1.10 bits per heavy atom. The van der Waals surface area contributed by atoms with Gasteiger partial charge in [-0.25, -0.2) is 14.6 Å². The van der Waals surface area contributed by atoms with Crippen molar-refractivity contribution in [3.05, 3.63) is 162 Å². The highest BCUT2D eigenvalue weighted by molar-refractivity contribution is 5.71. The third-order valence-electron chi connectivity index (χ3n) is 8.57. The van der Waals surface area contributed by atoms with Crippen molar-refractivity contribution in [2.45, 2.75) is 51.4 Å². The molecule has 2 amide bonds. The predicted octanol–water partition coefficient (Wildman–Crippen LogP) is 9.21. The van der Waals surface area contributed by atoms with E-state index in [9.17, 15) is 9.59 Å². The summed E-state index contributed by atoms with van der Waals surface area (Å²) in [6, 6.07) is 44.3. The molecule has 1 aromatic heterocycles. The number of carbonyl (C=O) groups excluding carboxylic acids is 2. The number of hydrogen-bond acceptors (Lipinski definition) is 5. The molecule has 5 aromatic rings. The zero-order valence-corrected chi connectivity index (χ0v) is 28.7. The zero-order valence-electron chi connectivity index (χ0n) is 28.7. The van der Waals surface area contributed by atoms with Gasteiger partial charge in [-0.1, -0.05) is 121 Å². The number of aromatic nitrogens is 1.